The van der Waals surface area contributed by atoms with Crippen molar-refractivity contribution in [2.45, 2.75) is 69.0 Å². The predicted octanol–water partition coefficient (Wildman–Crippen LogP) is 1.54. The molecular weight excluding hydrogens is 364 g/mol. The number of piperidine rings is 1. The Hall–Kier alpha value is -1.93. The molecule has 0 atom stereocenters. The van der Waals surface area contributed by atoms with Gasteiger partial charge in [0.05, 0.1) is 11.4 Å². The third-order valence-electron chi connectivity index (χ3n) is 4.83. The Morgan fingerprint density at radius 2 is 1.81 bits per heavy atom. The highest BCUT2D eigenvalue weighted by Gasteiger charge is 2.38. The van der Waals surface area contributed by atoms with Crippen LogP contribution in [0.2, 0.25) is 0 Å². The Kier molecular flexibility index (Phi) is 5.07. The highest BCUT2D eigenvalue weighted by atomic mass is 32.2. The van der Waals surface area contributed by atoms with Crippen LogP contribution in [0.15, 0.2) is 34.2 Å². The van der Waals surface area contributed by atoms with Gasteiger partial charge in [-0.25, -0.2) is 8.42 Å². The molecule has 0 bridgehead atoms. The smallest absolute Gasteiger partial charge is 0.263 e. The highest BCUT2D eigenvalue weighted by Crippen LogP contribution is 2.28. The molecule has 1 aromatic rings. The summed E-state index contributed by atoms with van der Waals surface area (Å²) >= 11 is 0. The van der Waals surface area contributed by atoms with Crippen molar-refractivity contribution in [3.8, 4) is 0 Å². The third-order valence-corrected chi connectivity index (χ3v) is 6.22. The molecular formula is C19H28N4O3S. The predicted molar refractivity (Wildman–Crippen MR) is 105 cm³/mol. The van der Waals surface area contributed by atoms with Crippen LogP contribution >= 0.6 is 0 Å². The molecule has 2 aliphatic heterocycles. The van der Waals surface area contributed by atoms with E-state index in [2.05, 4.69) is 48.0 Å². The lowest BCUT2D eigenvalue weighted by molar-refractivity contribution is -0.122. The van der Waals surface area contributed by atoms with Crippen molar-refractivity contribution in [3.63, 3.8) is 0 Å². The van der Waals surface area contributed by atoms with Crippen LogP contribution in [0.25, 0.3) is 0 Å². The molecule has 0 radical (unpaired) electrons. The maximum atomic E-state index is 12.3. The molecule has 7 nitrogen and oxygen atoms in total. The van der Waals surface area contributed by atoms with Gasteiger partial charge in [0.25, 0.3) is 10.0 Å². The average Bonchev–Trinajstić information content (AvgIpc) is 2.75. The molecule has 3 rings (SSSR count). The largest absolute Gasteiger partial charge is 0.353 e. The number of benzene rings is 1. The molecule has 3 N–H and O–H groups in total. The average molecular weight is 393 g/mol. The van der Waals surface area contributed by atoms with Crippen LogP contribution in [0, 0.1) is 0 Å². The van der Waals surface area contributed by atoms with Gasteiger partial charge in [0, 0.05) is 29.1 Å². The maximum absolute atomic E-state index is 12.3. The summed E-state index contributed by atoms with van der Waals surface area (Å²) in [6.07, 6.45) is 1.95. The summed E-state index contributed by atoms with van der Waals surface area (Å²) in [7, 11) is -3.54. The van der Waals surface area contributed by atoms with Crippen molar-refractivity contribution < 1.29 is 13.2 Å². The second-order valence-corrected chi connectivity index (χ2v) is 10.3. The van der Waals surface area contributed by atoms with Gasteiger partial charge in [-0.1, -0.05) is 12.1 Å². The Morgan fingerprint density at radius 3 is 2.48 bits per heavy atom. The summed E-state index contributed by atoms with van der Waals surface area (Å²) < 4.78 is 26.6. The number of carbonyl (C=O) groups is 1. The molecule has 1 aromatic carbocycles. The van der Waals surface area contributed by atoms with E-state index in [1.165, 1.54) is 0 Å². The molecule has 0 saturated carbocycles. The van der Waals surface area contributed by atoms with Crippen molar-refractivity contribution in [2.75, 3.05) is 6.54 Å². The van der Waals surface area contributed by atoms with E-state index in [0.717, 1.165) is 12.8 Å². The minimum Gasteiger partial charge on any atom is -0.353 e. The number of carbonyl (C=O) groups excluding carboxylic acids is 1. The van der Waals surface area contributed by atoms with Gasteiger partial charge in [-0.3, -0.25) is 14.5 Å². The van der Waals surface area contributed by atoms with Crippen LogP contribution < -0.4 is 15.4 Å². The first kappa shape index (κ1) is 19.8. The quantitative estimate of drug-likeness (QED) is 0.724. The lowest BCUT2D eigenvalue weighted by Crippen LogP contribution is -2.62. The van der Waals surface area contributed by atoms with Crippen LogP contribution in [0.3, 0.4) is 0 Å². The van der Waals surface area contributed by atoms with Crippen molar-refractivity contribution >= 4 is 21.8 Å². The standard InChI is InChI=1S/C19H28N4O3S/c1-18(2)11-13(12-19(3,4)23-18)21-16(24)9-10-20-17-14-7-5-6-8-15(14)27(25,26)22-17/h5-8,13,23H,9-12H2,1-4H3,(H,20,22)(H,21,24). The molecule has 0 spiro atoms. The van der Waals surface area contributed by atoms with Gasteiger partial charge >= 0.3 is 0 Å². The zero-order valence-electron chi connectivity index (χ0n) is 16.3. The molecule has 2 heterocycles. The molecule has 1 saturated heterocycles. The maximum Gasteiger partial charge on any atom is 0.263 e. The van der Waals surface area contributed by atoms with Gasteiger partial charge in [0.1, 0.15) is 5.84 Å². The number of amidine groups is 1. The second-order valence-electron chi connectivity index (χ2n) is 8.65. The third kappa shape index (κ3) is 4.68. The minimum absolute atomic E-state index is 0.0360. The molecule has 8 heteroatoms. The van der Waals surface area contributed by atoms with E-state index in [9.17, 15) is 13.2 Å². The second kappa shape index (κ2) is 6.91. The zero-order chi connectivity index (χ0) is 19.9. The van der Waals surface area contributed by atoms with Crippen molar-refractivity contribution in [2.24, 2.45) is 4.99 Å². The molecule has 0 aliphatic carbocycles. The first-order chi connectivity index (χ1) is 12.5. The molecule has 1 amide bonds. The lowest BCUT2D eigenvalue weighted by atomic mass is 9.79. The Balaban J connectivity index is 1.58. The summed E-state index contributed by atoms with van der Waals surface area (Å²) in [5, 5.41) is 6.70. The van der Waals surface area contributed by atoms with Crippen LogP contribution in [-0.2, 0) is 14.8 Å². The minimum atomic E-state index is -3.54. The van der Waals surface area contributed by atoms with Gasteiger partial charge in [-0.2, -0.15) is 0 Å². The molecule has 1 fully saturated rings. The normalized spacial score (nSPS) is 24.2. The fraction of sp³-hybridized carbons (Fsp3) is 0.579. The monoisotopic (exact) mass is 392 g/mol. The number of nitrogens with one attached hydrogen (secondary N) is 3. The van der Waals surface area contributed by atoms with Gasteiger partial charge < -0.3 is 10.6 Å². The van der Waals surface area contributed by atoms with E-state index in [1.807, 2.05) is 0 Å². The van der Waals surface area contributed by atoms with E-state index in [4.69, 9.17) is 0 Å². The topological polar surface area (TPSA) is 99.7 Å². The number of sulfonamides is 1. The number of rotatable bonds is 4. The van der Waals surface area contributed by atoms with Gasteiger partial charge in [0.15, 0.2) is 0 Å². The number of fused-ring (bicyclic) bond motifs is 1. The summed E-state index contributed by atoms with van der Waals surface area (Å²) in [4.78, 5) is 16.9. The Labute approximate surface area is 161 Å². The first-order valence-electron chi connectivity index (χ1n) is 9.23. The Bertz CT molecular complexity index is 859. The van der Waals surface area contributed by atoms with Crippen molar-refractivity contribution in [1.29, 1.82) is 0 Å². The number of nitrogens with zero attached hydrogens (tertiary/aromatic N) is 1. The van der Waals surface area contributed by atoms with Crippen LogP contribution in [-0.4, -0.2) is 43.8 Å². The zero-order valence-corrected chi connectivity index (χ0v) is 17.1. The highest BCUT2D eigenvalue weighted by molar-refractivity contribution is 7.90. The van der Waals surface area contributed by atoms with Gasteiger partial charge in [-0.15, -0.1) is 0 Å². The SMILES string of the molecule is CC1(C)CC(NC(=O)CCN=C2NS(=O)(=O)c3ccccc32)CC(C)(C)N1. The fourth-order valence-corrected chi connectivity index (χ4v) is 5.50. The van der Waals surface area contributed by atoms with Crippen LogP contribution in [0.4, 0.5) is 0 Å². The summed E-state index contributed by atoms with van der Waals surface area (Å²) in [6.45, 7) is 8.80. The summed E-state index contributed by atoms with van der Waals surface area (Å²) in [5.74, 6) is 0.245. The number of aliphatic imine (C=N–C) groups is 1. The van der Waals surface area contributed by atoms with E-state index in [0.29, 0.717) is 11.4 Å². The summed E-state index contributed by atoms with van der Waals surface area (Å²) in [6, 6.07) is 6.82. The molecule has 0 unspecified atom stereocenters. The Morgan fingerprint density at radius 1 is 1.19 bits per heavy atom. The van der Waals surface area contributed by atoms with Crippen LogP contribution in [0.1, 0.15) is 52.5 Å². The van der Waals surface area contributed by atoms with Crippen molar-refractivity contribution in [1.82, 2.24) is 15.4 Å². The molecule has 0 aromatic heterocycles. The van der Waals surface area contributed by atoms with Crippen molar-refractivity contribution in [3.05, 3.63) is 29.8 Å². The van der Waals surface area contributed by atoms with Gasteiger partial charge in [0.2, 0.25) is 5.91 Å². The van der Waals surface area contributed by atoms with Gasteiger partial charge in [-0.05, 0) is 52.7 Å². The molecule has 148 valence electrons. The molecule has 27 heavy (non-hydrogen) atoms. The summed E-state index contributed by atoms with van der Waals surface area (Å²) in [5.41, 5.74) is 0.483. The van der Waals surface area contributed by atoms with E-state index in [-0.39, 0.29) is 40.9 Å². The fourth-order valence-electron chi connectivity index (χ4n) is 4.24. The number of hydrogen-bond acceptors (Lipinski definition) is 5. The molecule has 2 aliphatic rings. The number of hydrogen-bond donors (Lipinski definition) is 3. The number of amides is 1. The van der Waals surface area contributed by atoms with E-state index in [1.54, 1.807) is 24.3 Å². The van der Waals surface area contributed by atoms with E-state index >= 15 is 0 Å². The van der Waals surface area contributed by atoms with E-state index < -0.39 is 10.0 Å². The van der Waals surface area contributed by atoms with Crippen LogP contribution in [0.5, 0.6) is 0 Å². The lowest BCUT2D eigenvalue weighted by Gasteiger charge is -2.46. The first-order valence-corrected chi connectivity index (χ1v) is 10.7.